The van der Waals surface area contributed by atoms with Crippen LogP contribution in [0.3, 0.4) is 0 Å². The average molecular weight is 464 g/mol. The Balaban J connectivity index is 1.83. The average Bonchev–Trinajstić information content (AvgIpc) is 2.86. The van der Waals surface area contributed by atoms with Crippen molar-refractivity contribution in [3.05, 3.63) is 70.8 Å². The quantitative estimate of drug-likeness (QED) is 0.0799. The van der Waals surface area contributed by atoms with E-state index in [9.17, 15) is 20.2 Å². The van der Waals surface area contributed by atoms with Crippen LogP contribution in [-0.4, -0.2) is 30.6 Å². The van der Waals surface area contributed by atoms with Crippen molar-refractivity contribution in [2.75, 3.05) is 24.6 Å². The number of nitriles is 1. The van der Waals surface area contributed by atoms with E-state index in [4.69, 9.17) is 4.74 Å². The van der Waals surface area contributed by atoms with Crippen molar-refractivity contribution in [1.82, 2.24) is 0 Å². The van der Waals surface area contributed by atoms with Gasteiger partial charge in [0.15, 0.2) is 0 Å². The lowest BCUT2D eigenvalue weighted by Gasteiger charge is -2.23. The number of hydrogen-bond acceptors (Lipinski definition) is 8. The second-order valence-corrected chi connectivity index (χ2v) is 7.51. The second-order valence-electron chi connectivity index (χ2n) is 7.51. The second kappa shape index (κ2) is 14.2. The Morgan fingerprint density at radius 1 is 1.15 bits per heavy atom. The fraction of sp³-hybridized carbons (Fsp3) is 0.360. The first-order valence-electron chi connectivity index (χ1n) is 11.2. The number of esters is 1. The van der Waals surface area contributed by atoms with Gasteiger partial charge in [-0.2, -0.15) is 10.4 Å². The number of nitro groups is 1. The van der Waals surface area contributed by atoms with Gasteiger partial charge in [0.25, 0.3) is 5.69 Å². The van der Waals surface area contributed by atoms with Crippen LogP contribution in [0.2, 0.25) is 0 Å². The fourth-order valence-corrected chi connectivity index (χ4v) is 3.29. The number of hydrogen-bond donors (Lipinski definition) is 0. The van der Waals surface area contributed by atoms with Gasteiger partial charge in [-0.05, 0) is 50.1 Å². The standard InChI is InChI=1S/C25H29N5O4/c1-3-25(31)34-17-9-7-5-6-8-16-29(4-2)22-12-10-21(11-13-22)27-28-24-15-14-23(30(32)33)18-20(24)19-26/h3,10-15,18H,1,4-9,16-17H2,2H3. The summed E-state index contributed by atoms with van der Waals surface area (Å²) in [4.78, 5) is 23.6. The first-order valence-corrected chi connectivity index (χ1v) is 11.2. The van der Waals surface area contributed by atoms with E-state index in [1.165, 1.54) is 24.3 Å². The summed E-state index contributed by atoms with van der Waals surface area (Å²) in [6.07, 6.45) is 6.34. The molecule has 0 spiro atoms. The van der Waals surface area contributed by atoms with Gasteiger partial charge in [-0.15, -0.1) is 5.11 Å². The molecular formula is C25H29N5O4. The minimum absolute atomic E-state index is 0.101. The van der Waals surface area contributed by atoms with Crippen LogP contribution in [-0.2, 0) is 9.53 Å². The molecule has 0 unspecified atom stereocenters. The van der Waals surface area contributed by atoms with Gasteiger partial charge in [-0.3, -0.25) is 10.1 Å². The number of nitrogens with zero attached hydrogens (tertiary/aromatic N) is 5. The van der Waals surface area contributed by atoms with E-state index in [-0.39, 0.29) is 22.9 Å². The molecule has 0 aliphatic rings. The largest absolute Gasteiger partial charge is 0.463 e. The molecule has 0 fully saturated rings. The van der Waals surface area contributed by atoms with Crippen LogP contribution < -0.4 is 4.90 Å². The number of nitro benzene ring substituents is 1. The molecule has 9 nitrogen and oxygen atoms in total. The highest BCUT2D eigenvalue weighted by atomic mass is 16.6. The number of azo groups is 1. The van der Waals surface area contributed by atoms with E-state index in [0.29, 0.717) is 12.3 Å². The lowest BCUT2D eigenvalue weighted by Crippen LogP contribution is -2.23. The third-order valence-corrected chi connectivity index (χ3v) is 5.16. The minimum Gasteiger partial charge on any atom is -0.463 e. The summed E-state index contributed by atoms with van der Waals surface area (Å²) in [7, 11) is 0. The number of rotatable bonds is 14. The minimum atomic E-state index is -0.552. The Labute approximate surface area is 199 Å². The maximum atomic E-state index is 11.0. The predicted octanol–water partition coefficient (Wildman–Crippen LogP) is 6.39. The molecule has 9 heteroatoms. The lowest BCUT2D eigenvalue weighted by molar-refractivity contribution is -0.384. The molecule has 34 heavy (non-hydrogen) atoms. The highest BCUT2D eigenvalue weighted by Crippen LogP contribution is 2.27. The van der Waals surface area contributed by atoms with Crippen molar-refractivity contribution in [2.24, 2.45) is 10.2 Å². The summed E-state index contributed by atoms with van der Waals surface area (Å²) in [5.41, 5.74) is 1.94. The van der Waals surface area contributed by atoms with E-state index in [0.717, 1.165) is 50.9 Å². The van der Waals surface area contributed by atoms with E-state index in [1.54, 1.807) is 0 Å². The lowest BCUT2D eigenvalue weighted by atomic mass is 10.1. The molecule has 2 rings (SSSR count). The molecule has 0 aliphatic heterocycles. The van der Waals surface area contributed by atoms with Crippen molar-refractivity contribution in [1.29, 1.82) is 5.26 Å². The zero-order valence-electron chi connectivity index (χ0n) is 19.4. The monoisotopic (exact) mass is 463 g/mol. The molecule has 0 atom stereocenters. The van der Waals surface area contributed by atoms with Crippen molar-refractivity contribution < 1.29 is 14.5 Å². The maximum absolute atomic E-state index is 11.0. The van der Waals surface area contributed by atoms with E-state index in [2.05, 4.69) is 28.6 Å². The molecule has 0 radical (unpaired) electrons. The molecule has 178 valence electrons. The van der Waals surface area contributed by atoms with Crippen LogP contribution in [0.5, 0.6) is 0 Å². The van der Waals surface area contributed by atoms with E-state index in [1.807, 2.05) is 30.3 Å². The fourth-order valence-electron chi connectivity index (χ4n) is 3.29. The Hall–Kier alpha value is -4.06. The van der Waals surface area contributed by atoms with Gasteiger partial charge in [0.05, 0.1) is 22.8 Å². The molecular weight excluding hydrogens is 434 g/mol. The van der Waals surface area contributed by atoms with Crippen LogP contribution in [0.1, 0.15) is 44.6 Å². The molecule has 0 saturated heterocycles. The number of carbonyl (C=O) groups is 1. The number of carbonyl (C=O) groups excluding carboxylic acids is 1. The maximum Gasteiger partial charge on any atom is 0.330 e. The predicted molar refractivity (Wildman–Crippen MR) is 131 cm³/mol. The molecule has 0 aromatic heterocycles. The number of benzene rings is 2. The van der Waals surface area contributed by atoms with Crippen molar-refractivity contribution >= 4 is 28.7 Å². The van der Waals surface area contributed by atoms with Gasteiger partial charge in [0.2, 0.25) is 0 Å². The van der Waals surface area contributed by atoms with Crippen molar-refractivity contribution in [2.45, 2.75) is 39.0 Å². The normalized spacial score (nSPS) is 10.6. The summed E-state index contributed by atoms with van der Waals surface area (Å²) in [6, 6.07) is 13.5. The zero-order chi connectivity index (χ0) is 24.8. The summed E-state index contributed by atoms with van der Waals surface area (Å²) in [5, 5.41) is 28.3. The van der Waals surface area contributed by atoms with Gasteiger partial charge in [-0.25, -0.2) is 4.79 Å². The van der Waals surface area contributed by atoms with Crippen LogP contribution in [0.25, 0.3) is 0 Å². The SMILES string of the molecule is C=CC(=O)OCCCCCCCN(CC)c1ccc(N=Nc2ccc([N+](=O)[O-])cc2C#N)cc1. The smallest absolute Gasteiger partial charge is 0.330 e. The Morgan fingerprint density at radius 3 is 2.50 bits per heavy atom. The van der Waals surface area contributed by atoms with E-state index < -0.39 is 4.92 Å². The highest BCUT2D eigenvalue weighted by molar-refractivity contribution is 5.81. The number of non-ortho nitro benzene ring substituents is 1. The van der Waals surface area contributed by atoms with Gasteiger partial charge in [0.1, 0.15) is 11.8 Å². The molecule has 2 aromatic rings. The number of ether oxygens (including phenoxy) is 1. The summed E-state index contributed by atoms with van der Waals surface area (Å²) in [6.45, 7) is 7.75. The summed E-state index contributed by atoms with van der Waals surface area (Å²) >= 11 is 0. The molecule has 0 aliphatic carbocycles. The summed E-state index contributed by atoms with van der Waals surface area (Å²) < 4.78 is 4.97. The van der Waals surface area contributed by atoms with Crippen LogP contribution in [0.4, 0.5) is 22.7 Å². The van der Waals surface area contributed by atoms with Gasteiger partial charge in [0, 0.05) is 37.0 Å². The molecule has 0 saturated carbocycles. The molecule has 0 bridgehead atoms. The Morgan fingerprint density at radius 2 is 1.85 bits per heavy atom. The van der Waals surface area contributed by atoms with Gasteiger partial charge in [-0.1, -0.05) is 25.8 Å². The van der Waals surface area contributed by atoms with Crippen LogP contribution in [0.15, 0.2) is 65.3 Å². The van der Waals surface area contributed by atoms with Crippen molar-refractivity contribution in [3.63, 3.8) is 0 Å². The number of anilines is 1. The first-order chi connectivity index (χ1) is 16.5. The third-order valence-electron chi connectivity index (χ3n) is 5.16. The molecule has 0 N–H and O–H groups in total. The third kappa shape index (κ3) is 8.47. The summed E-state index contributed by atoms with van der Waals surface area (Å²) in [5.74, 6) is -0.371. The van der Waals surface area contributed by atoms with Crippen molar-refractivity contribution in [3.8, 4) is 6.07 Å². The van der Waals surface area contributed by atoms with Gasteiger partial charge < -0.3 is 9.64 Å². The molecule has 0 heterocycles. The van der Waals surface area contributed by atoms with Gasteiger partial charge >= 0.3 is 5.97 Å². The first kappa shape index (κ1) is 26.2. The topological polar surface area (TPSA) is 121 Å². The molecule has 2 aromatic carbocycles. The number of unbranched alkanes of at least 4 members (excludes halogenated alkanes) is 4. The zero-order valence-corrected chi connectivity index (χ0v) is 19.4. The highest BCUT2D eigenvalue weighted by Gasteiger charge is 2.10. The Kier molecular flexibility index (Phi) is 10.9. The van der Waals surface area contributed by atoms with Crippen LogP contribution >= 0.6 is 0 Å². The van der Waals surface area contributed by atoms with Crippen LogP contribution in [0, 0.1) is 21.4 Å². The Bertz CT molecular complexity index is 1040. The molecule has 0 amide bonds. The van der Waals surface area contributed by atoms with E-state index >= 15 is 0 Å².